The Morgan fingerprint density at radius 3 is 2.61 bits per heavy atom. The van der Waals surface area contributed by atoms with E-state index in [-0.39, 0.29) is 11.9 Å². The van der Waals surface area contributed by atoms with Crippen molar-refractivity contribution in [3.63, 3.8) is 0 Å². The summed E-state index contributed by atoms with van der Waals surface area (Å²) < 4.78 is 1.01. The number of carbonyl (C=O) groups is 1. The molecule has 0 aliphatic heterocycles. The predicted molar refractivity (Wildman–Crippen MR) is 78.1 cm³/mol. The second-order valence-corrected chi connectivity index (χ2v) is 5.94. The van der Waals surface area contributed by atoms with E-state index in [1.807, 2.05) is 31.2 Å². The van der Waals surface area contributed by atoms with E-state index in [0.717, 1.165) is 10.0 Å². The van der Waals surface area contributed by atoms with Crippen molar-refractivity contribution >= 4 is 21.8 Å². The molecule has 0 aliphatic carbocycles. The van der Waals surface area contributed by atoms with Gasteiger partial charge >= 0.3 is 0 Å². The Morgan fingerprint density at radius 1 is 1.39 bits per heavy atom. The van der Waals surface area contributed by atoms with Gasteiger partial charge < -0.3 is 11.1 Å². The molecule has 0 spiro atoms. The largest absolute Gasteiger partial charge is 0.348 e. The number of rotatable bonds is 5. The highest BCUT2D eigenvalue weighted by atomic mass is 79.9. The van der Waals surface area contributed by atoms with Crippen LogP contribution in [0.3, 0.4) is 0 Å². The number of nitrogens with one attached hydrogen (secondary N) is 1. The summed E-state index contributed by atoms with van der Waals surface area (Å²) in [5.41, 5.74) is 6.92. The minimum atomic E-state index is -0.431. The van der Waals surface area contributed by atoms with Gasteiger partial charge in [0.2, 0.25) is 5.91 Å². The van der Waals surface area contributed by atoms with Gasteiger partial charge in [-0.05, 0) is 37.0 Å². The molecular weight excluding hydrogens is 292 g/mol. The summed E-state index contributed by atoms with van der Waals surface area (Å²) in [7, 11) is 0. The maximum atomic E-state index is 11.9. The van der Waals surface area contributed by atoms with Crippen LogP contribution < -0.4 is 11.1 Å². The van der Waals surface area contributed by atoms with Gasteiger partial charge in [0.25, 0.3) is 0 Å². The summed E-state index contributed by atoms with van der Waals surface area (Å²) >= 11 is 3.42. The van der Waals surface area contributed by atoms with Crippen LogP contribution in [0.15, 0.2) is 28.7 Å². The summed E-state index contributed by atoms with van der Waals surface area (Å²) in [5.74, 6) is 0.336. The molecule has 1 amide bonds. The Balaban J connectivity index is 2.59. The lowest BCUT2D eigenvalue weighted by molar-refractivity contribution is -0.123. The fourth-order valence-electron chi connectivity index (χ4n) is 1.79. The molecule has 4 heteroatoms. The summed E-state index contributed by atoms with van der Waals surface area (Å²) in [4.78, 5) is 11.9. The first kappa shape index (κ1) is 15.2. The van der Waals surface area contributed by atoms with E-state index in [4.69, 9.17) is 5.73 Å². The first-order valence-corrected chi connectivity index (χ1v) is 7.01. The molecule has 0 bridgehead atoms. The van der Waals surface area contributed by atoms with E-state index in [2.05, 4.69) is 35.1 Å². The number of hydrogen-bond acceptors (Lipinski definition) is 2. The molecule has 1 aromatic rings. The number of hydrogen-bond donors (Lipinski definition) is 2. The third-order valence-electron chi connectivity index (χ3n) is 2.77. The molecule has 0 fully saturated rings. The molecule has 0 saturated carbocycles. The average Bonchev–Trinajstić information content (AvgIpc) is 2.27. The molecular formula is C14H21BrN2O. The van der Waals surface area contributed by atoms with Crippen LogP contribution in [-0.4, -0.2) is 11.9 Å². The quantitative estimate of drug-likeness (QED) is 0.878. The topological polar surface area (TPSA) is 55.1 Å². The minimum Gasteiger partial charge on any atom is -0.348 e. The van der Waals surface area contributed by atoms with Gasteiger partial charge in [0.15, 0.2) is 0 Å². The van der Waals surface area contributed by atoms with E-state index in [0.29, 0.717) is 12.3 Å². The Labute approximate surface area is 117 Å². The summed E-state index contributed by atoms with van der Waals surface area (Å²) in [6.45, 7) is 6.08. The lowest BCUT2D eigenvalue weighted by Gasteiger charge is -2.19. The average molecular weight is 313 g/mol. The third kappa shape index (κ3) is 4.78. The molecule has 1 aromatic carbocycles. The van der Waals surface area contributed by atoms with E-state index >= 15 is 0 Å². The van der Waals surface area contributed by atoms with Crippen LogP contribution in [0, 0.1) is 5.92 Å². The van der Waals surface area contributed by atoms with Crippen LogP contribution in [0.1, 0.15) is 38.8 Å². The molecule has 3 N–H and O–H groups in total. The Bertz CT molecular complexity index is 407. The van der Waals surface area contributed by atoms with Gasteiger partial charge in [-0.1, -0.05) is 41.9 Å². The molecule has 100 valence electrons. The van der Waals surface area contributed by atoms with E-state index < -0.39 is 6.04 Å². The van der Waals surface area contributed by atoms with Crippen LogP contribution >= 0.6 is 15.9 Å². The zero-order chi connectivity index (χ0) is 13.7. The van der Waals surface area contributed by atoms with E-state index in [9.17, 15) is 4.79 Å². The minimum absolute atomic E-state index is 0.0341. The highest BCUT2D eigenvalue weighted by molar-refractivity contribution is 9.10. The first-order chi connectivity index (χ1) is 8.40. The summed E-state index contributed by atoms with van der Waals surface area (Å²) in [5, 5.41) is 2.94. The molecule has 1 rings (SSSR count). The van der Waals surface area contributed by atoms with Gasteiger partial charge in [-0.15, -0.1) is 0 Å². The molecule has 0 radical (unpaired) electrons. The third-order valence-corrected chi connectivity index (χ3v) is 3.26. The van der Waals surface area contributed by atoms with Crippen molar-refractivity contribution in [1.29, 1.82) is 0 Å². The molecule has 3 nitrogen and oxygen atoms in total. The van der Waals surface area contributed by atoms with Gasteiger partial charge in [-0.2, -0.15) is 0 Å². The molecule has 0 aromatic heterocycles. The van der Waals surface area contributed by atoms with Crippen molar-refractivity contribution in [2.24, 2.45) is 11.7 Å². The number of amides is 1. The molecule has 0 unspecified atom stereocenters. The standard InChI is InChI=1S/C14H21BrN2O/c1-9(2)7-13(16)14(18)17-10(3)11-5-4-6-12(15)8-11/h4-6,8-10,13H,7,16H2,1-3H3,(H,17,18)/t10-,13+/m0/s1. The lowest BCUT2D eigenvalue weighted by Crippen LogP contribution is -2.42. The fourth-order valence-corrected chi connectivity index (χ4v) is 2.21. The number of carbonyl (C=O) groups excluding carboxylic acids is 1. The summed E-state index contributed by atoms with van der Waals surface area (Å²) in [6.07, 6.45) is 0.705. The molecule has 18 heavy (non-hydrogen) atoms. The maximum absolute atomic E-state index is 11.9. The second-order valence-electron chi connectivity index (χ2n) is 5.02. The van der Waals surface area contributed by atoms with Crippen molar-refractivity contribution in [2.75, 3.05) is 0 Å². The number of benzene rings is 1. The van der Waals surface area contributed by atoms with Crippen molar-refractivity contribution in [3.05, 3.63) is 34.3 Å². The van der Waals surface area contributed by atoms with Crippen molar-refractivity contribution in [3.8, 4) is 0 Å². The van der Waals surface area contributed by atoms with E-state index in [1.165, 1.54) is 0 Å². The number of halogens is 1. The smallest absolute Gasteiger partial charge is 0.237 e. The molecule has 0 aliphatic rings. The monoisotopic (exact) mass is 312 g/mol. The normalized spacial score (nSPS) is 14.3. The van der Waals surface area contributed by atoms with E-state index in [1.54, 1.807) is 0 Å². The van der Waals surface area contributed by atoms with Gasteiger partial charge in [-0.25, -0.2) is 0 Å². The maximum Gasteiger partial charge on any atom is 0.237 e. The van der Waals surface area contributed by atoms with Crippen molar-refractivity contribution in [1.82, 2.24) is 5.32 Å². The zero-order valence-electron chi connectivity index (χ0n) is 11.1. The Morgan fingerprint density at radius 2 is 2.06 bits per heavy atom. The molecule has 0 saturated heterocycles. The van der Waals surface area contributed by atoms with Gasteiger partial charge in [0.05, 0.1) is 12.1 Å². The second kappa shape index (κ2) is 6.90. The SMILES string of the molecule is CC(C)C[C@@H](N)C(=O)N[C@@H](C)c1cccc(Br)c1. The zero-order valence-corrected chi connectivity index (χ0v) is 12.7. The summed E-state index contributed by atoms with van der Waals surface area (Å²) in [6, 6.07) is 7.44. The highest BCUT2D eigenvalue weighted by Crippen LogP contribution is 2.18. The Kier molecular flexibility index (Phi) is 5.82. The fraction of sp³-hybridized carbons (Fsp3) is 0.500. The van der Waals surface area contributed by atoms with Crippen LogP contribution in [0.4, 0.5) is 0 Å². The number of nitrogens with two attached hydrogens (primary N) is 1. The van der Waals surface area contributed by atoms with Crippen LogP contribution in [0.2, 0.25) is 0 Å². The first-order valence-electron chi connectivity index (χ1n) is 6.21. The van der Waals surface area contributed by atoms with Crippen LogP contribution in [0.5, 0.6) is 0 Å². The van der Waals surface area contributed by atoms with Crippen LogP contribution in [0.25, 0.3) is 0 Å². The van der Waals surface area contributed by atoms with Crippen molar-refractivity contribution in [2.45, 2.75) is 39.3 Å². The highest BCUT2D eigenvalue weighted by Gasteiger charge is 2.17. The molecule has 2 atom stereocenters. The van der Waals surface area contributed by atoms with Gasteiger partial charge in [-0.3, -0.25) is 4.79 Å². The van der Waals surface area contributed by atoms with Crippen molar-refractivity contribution < 1.29 is 4.79 Å². The Hall–Kier alpha value is -0.870. The molecule has 0 heterocycles. The van der Waals surface area contributed by atoms with Crippen LogP contribution in [-0.2, 0) is 4.79 Å². The lowest BCUT2D eigenvalue weighted by atomic mass is 10.0. The van der Waals surface area contributed by atoms with Gasteiger partial charge in [0, 0.05) is 4.47 Å². The predicted octanol–water partition coefficient (Wildman–Crippen LogP) is 3.00. The van der Waals surface area contributed by atoms with Gasteiger partial charge in [0.1, 0.15) is 0 Å².